The van der Waals surface area contributed by atoms with Crippen molar-refractivity contribution < 1.29 is 19.1 Å². The molecule has 1 saturated heterocycles. The molecule has 20 heavy (non-hydrogen) atoms. The second kappa shape index (κ2) is 7.47. The van der Waals surface area contributed by atoms with Gasteiger partial charge in [-0.15, -0.1) is 0 Å². The fraction of sp³-hybridized carbons (Fsp3) is 0.857. The molecular weight excluding hydrogens is 260 g/mol. The first-order valence-corrected chi connectivity index (χ1v) is 7.21. The highest BCUT2D eigenvalue weighted by Crippen LogP contribution is 2.21. The van der Waals surface area contributed by atoms with E-state index in [0.29, 0.717) is 26.1 Å². The monoisotopic (exact) mass is 286 g/mol. The number of hydrogen-bond acceptors (Lipinski definition) is 5. The van der Waals surface area contributed by atoms with Crippen LogP contribution in [0.4, 0.5) is 4.79 Å². The lowest BCUT2D eigenvalue weighted by Crippen LogP contribution is -2.44. The second-order valence-electron chi connectivity index (χ2n) is 6.00. The highest BCUT2D eigenvalue weighted by molar-refractivity contribution is 5.82. The van der Waals surface area contributed by atoms with Crippen molar-refractivity contribution in [3.8, 4) is 0 Å². The van der Waals surface area contributed by atoms with Crippen LogP contribution < -0.4 is 5.73 Å². The van der Waals surface area contributed by atoms with E-state index in [-0.39, 0.29) is 5.97 Å². The summed E-state index contributed by atoms with van der Waals surface area (Å²) in [4.78, 5) is 25.5. The van der Waals surface area contributed by atoms with Crippen LogP contribution in [0.25, 0.3) is 0 Å². The first-order chi connectivity index (χ1) is 9.35. The van der Waals surface area contributed by atoms with Crippen molar-refractivity contribution in [2.45, 2.75) is 58.1 Å². The van der Waals surface area contributed by atoms with Gasteiger partial charge in [-0.25, -0.2) is 9.59 Å². The van der Waals surface area contributed by atoms with Crippen LogP contribution in [-0.2, 0) is 14.3 Å². The van der Waals surface area contributed by atoms with Gasteiger partial charge in [0.2, 0.25) is 0 Å². The number of nitrogens with zero attached hydrogens (tertiary/aromatic N) is 1. The molecule has 1 heterocycles. The minimum absolute atomic E-state index is 0.342. The molecule has 0 aliphatic carbocycles. The Balaban J connectivity index is 2.47. The van der Waals surface area contributed by atoms with Crippen molar-refractivity contribution in [3.05, 3.63) is 0 Å². The Morgan fingerprint density at radius 3 is 2.60 bits per heavy atom. The molecule has 0 bridgehead atoms. The van der Waals surface area contributed by atoms with Gasteiger partial charge in [-0.05, 0) is 53.0 Å². The summed E-state index contributed by atoms with van der Waals surface area (Å²) in [6, 6.07) is -0.511. The van der Waals surface area contributed by atoms with Gasteiger partial charge in [-0.3, -0.25) is 4.90 Å². The normalized spacial score (nSPS) is 19.0. The van der Waals surface area contributed by atoms with Crippen molar-refractivity contribution in [2.24, 2.45) is 5.73 Å². The minimum atomic E-state index is -0.560. The molecule has 0 aromatic rings. The van der Waals surface area contributed by atoms with Crippen molar-refractivity contribution in [1.29, 1.82) is 0 Å². The Kier molecular flexibility index (Phi) is 6.26. The van der Waals surface area contributed by atoms with Crippen molar-refractivity contribution >= 4 is 12.1 Å². The Hall–Kier alpha value is -1.30. The molecule has 116 valence electrons. The Morgan fingerprint density at radius 2 is 2.00 bits per heavy atom. The number of nitrogens with two attached hydrogens (primary N) is 1. The summed E-state index contributed by atoms with van der Waals surface area (Å²) >= 11 is 0. The lowest BCUT2D eigenvalue weighted by atomic mass is 10.2. The van der Waals surface area contributed by atoms with Crippen LogP contribution in [0.2, 0.25) is 0 Å². The molecule has 2 N–H and O–H groups in total. The van der Waals surface area contributed by atoms with Crippen LogP contribution in [0.15, 0.2) is 0 Å². The lowest BCUT2D eigenvalue weighted by molar-refractivity contribution is -0.148. The minimum Gasteiger partial charge on any atom is -0.464 e. The quantitative estimate of drug-likeness (QED) is 0.614. The van der Waals surface area contributed by atoms with Gasteiger partial charge in [-0.2, -0.15) is 0 Å². The number of amides is 1. The van der Waals surface area contributed by atoms with Crippen molar-refractivity contribution in [1.82, 2.24) is 4.90 Å². The zero-order valence-electron chi connectivity index (χ0n) is 12.7. The maximum absolute atomic E-state index is 12.0. The molecule has 1 aliphatic heterocycles. The molecule has 6 heteroatoms. The number of carbonyl (C=O) groups is 2. The van der Waals surface area contributed by atoms with E-state index in [9.17, 15) is 9.59 Å². The molecular formula is C14H26N2O4. The topological polar surface area (TPSA) is 81.9 Å². The molecule has 0 saturated carbocycles. The second-order valence-corrected chi connectivity index (χ2v) is 6.00. The SMILES string of the molecule is CC(C)(C)OC(=O)N1CCC[C@H]1C(=O)OCCCCN. The summed E-state index contributed by atoms with van der Waals surface area (Å²) in [5, 5.41) is 0. The van der Waals surface area contributed by atoms with E-state index in [2.05, 4.69) is 0 Å². The van der Waals surface area contributed by atoms with Crippen LogP contribution >= 0.6 is 0 Å². The molecule has 0 aromatic carbocycles. The third kappa shape index (κ3) is 5.36. The molecule has 6 nitrogen and oxygen atoms in total. The molecule has 1 aliphatic rings. The van der Waals surface area contributed by atoms with E-state index in [1.54, 1.807) is 20.8 Å². The van der Waals surface area contributed by atoms with Crippen LogP contribution in [0.1, 0.15) is 46.5 Å². The molecule has 1 amide bonds. The third-order valence-corrected chi connectivity index (χ3v) is 3.00. The lowest BCUT2D eigenvalue weighted by Gasteiger charge is -2.27. The standard InChI is InChI=1S/C14H26N2O4/c1-14(2,3)20-13(18)16-9-6-7-11(16)12(17)19-10-5-4-8-15/h11H,4-10,15H2,1-3H3/t11-/m0/s1. The van der Waals surface area contributed by atoms with Gasteiger partial charge in [0.25, 0.3) is 0 Å². The van der Waals surface area contributed by atoms with Gasteiger partial charge in [0.1, 0.15) is 11.6 Å². The molecule has 0 unspecified atom stereocenters. The molecule has 1 fully saturated rings. The van der Waals surface area contributed by atoms with Crippen LogP contribution in [0.3, 0.4) is 0 Å². The van der Waals surface area contributed by atoms with E-state index >= 15 is 0 Å². The summed E-state index contributed by atoms with van der Waals surface area (Å²) in [7, 11) is 0. The summed E-state index contributed by atoms with van der Waals surface area (Å²) in [6.45, 7) is 6.90. The van der Waals surface area contributed by atoms with Gasteiger partial charge < -0.3 is 15.2 Å². The molecule has 1 rings (SSSR count). The fourth-order valence-corrected chi connectivity index (χ4v) is 2.07. The summed E-state index contributed by atoms with van der Waals surface area (Å²) in [5.74, 6) is -0.342. The number of esters is 1. The predicted octanol–water partition coefficient (Wildman–Crippen LogP) is 1.67. The van der Waals surface area contributed by atoms with E-state index in [0.717, 1.165) is 19.3 Å². The highest BCUT2D eigenvalue weighted by atomic mass is 16.6. The maximum Gasteiger partial charge on any atom is 0.411 e. The fourth-order valence-electron chi connectivity index (χ4n) is 2.07. The largest absolute Gasteiger partial charge is 0.464 e. The molecule has 1 atom stereocenters. The van der Waals surface area contributed by atoms with Crippen LogP contribution in [-0.4, -0.2) is 48.3 Å². The van der Waals surface area contributed by atoms with Gasteiger partial charge in [-0.1, -0.05) is 0 Å². The van der Waals surface area contributed by atoms with E-state index in [4.69, 9.17) is 15.2 Å². The number of carbonyl (C=O) groups excluding carboxylic acids is 2. The van der Waals surface area contributed by atoms with Crippen LogP contribution in [0.5, 0.6) is 0 Å². The van der Waals surface area contributed by atoms with Gasteiger partial charge in [0.15, 0.2) is 0 Å². The summed E-state index contributed by atoms with van der Waals surface area (Å²) < 4.78 is 10.5. The number of rotatable bonds is 5. The van der Waals surface area contributed by atoms with Crippen LogP contribution in [0, 0.1) is 0 Å². The molecule has 0 radical (unpaired) electrons. The van der Waals surface area contributed by atoms with Crippen molar-refractivity contribution in [3.63, 3.8) is 0 Å². The van der Waals surface area contributed by atoms with Gasteiger partial charge in [0, 0.05) is 6.54 Å². The molecule has 0 aromatic heterocycles. The maximum atomic E-state index is 12.0. The Morgan fingerprint density at radius 1 is 1.30 bits per heavy atom. The summed E-state index contributed by atoms with van der Waals surface area (Å²) in [6.07, 6.45) is 2.56. The highest BCUT2D eigenvalue weighted by Gasteiger charge is 2.37. The number of likely N-dealkylation sites (tertiary alicyclic amines) is 1. The van der Waals surface area contributed by atoms with E-state index in [1.807, 2.05) is 0 Å². The van der Waals surface area contributed by atoms with Crippen molar-refractivity contribution in [2.75, 3.05) is 19.7 Å². The first-order valence-electron chi connectivity index (χ1n) is 7.21. The summed E-state index contributed by atoms with van der Waals surface area (Å²) in [5.41, 5.74) is 4.82. The zero-order valence-corrected chi connectivity index (χ0v) is 12.7. The average molecular weight is 286 g/mol. The average Bonchev–Trinajstić information content (AvgIpc) is 2.81. The zero-order chi connectivity index (χ0) is 15.2. The third-order valence-electron chi connectivity index (χ3n) is 3.00. The number of unbranched alkanes of at least 4 members (excludes halogenated alkanes) is 1. The first kappa shape index (κ1) is 16.8. The Labute approximate surface area is 120 Å². The predicted molar refractivity (Wildman–Crippen MR) is 75.2 cm³/mol. The number of hydrogen-bond donors (Lipinski definition) is 1. The van der Waals surface area contributed by atoms with Gasteiger partial charge in [0.05, 0.1) is 6.61 Å². The number of ether oxygens (including phenoxy) is 2. The van der Waals surface area contributed by atoms with E-state index in [1.165, 1.54) is 4.90 Å². The van der Waals surface area contributed by atoms with Gasteiger partial charge >= 0.3 is 12.1 Å². The smallest absolute Gasteiger partial charge is 0.411 e. The Bertz CT molecular complexity index is 339. The van der Waals surface area contributed by atoms with E-state index < -0.39 is 17.7 Å². The molecule has 0 spiro atoms.